The van der Waals surface area contributed by atoms with E-state index in [4.69, 9.17) is 4.74 Å². The molecule has 0 aliphatic rings. The Hall–Kier alpha value is -3.34. The van der Waals surface area contributed by atoms with E-state index < -0.39 is 0 Å². The Morgan fingerprint density at radius 1 is 0.964 bits per heavy atom. The van der Waals surface area contributed by atoms with E-state index in [0.717, 1.165) is 28.3 Å². The van der Waals surface area contributed by atoms with Crippen molar-refractivity contribution in [3.8, 4) is 5.75 Å². The summed E-state index contributed by atoms with van der Waals surface area (Å²) in [6.07, 6.45) is 3.38. The zero-order valence-corrected chi connectivity index (χ0v) is 16.6. The highest BCUT2D eigenvalue weighted by Crippen LogP contribution is 2.24. The van der Waals surface area contributed by atoms with Gasteiger partial charge in [-0.1, -0.05) is 18.2 Å². The quantitative estimate of drug-likeness (QED) is 0.599. The van der Waals surface area contributed by atoms with Crippen LogP contribution in [0.4, 0.5) is 17.1 Å². The number of carbonyl (C=O) groups is 1. The van der Waals surface area contributed by atoms with Crippen molar-refractivity contribution in [3.05, 3.63) is 77.6 Å². The summed E-state index contributed by atoms with van der Waals surface area (Å²) in [5, 5.41) is 6.26. The summed E-state index contributed by atoms with van der Waals surface area (Å²) in [7, 11) is 0. The predicted molar refractivity (Wildman–Crippen MR) is 114 cm³/mol. The number of benzene rings is 2. The smallest absolute Gasteiger partial charge is 0.257 e. The SMILES string of the molecule is Cc1cccc(C)c1Nc1cncc(C(=O)Nc2ccc(OC(C)C)cc2)c1. The lowest BCUT2D eigenvalue weighted by Crippen LogP contribution is -2.12. The van der Waals surface area contributed by atoms with Crippen molar-refractivity contribution in [3.63, 3.8) is 0 Å². The summed E-state index contributed by atoms with van der Waals surface area (Å²) in [5.41, 5.74) is 5.26. The van der Waals surface area contributed by atoms with Gasteiger partial charge in [0.25, 0.3) is 5.91 Å². The van der Waals surface area contributed by atoms with Crippen molar-refractivity contribution in [2.24, 2.45) is 0 Å². The van der Waals surface area contributed by atoms with Crippen LogP contribution in [0.5, 0.6) is 5.75 Å². The molecular formula is C23H25N3O2. The summed E-state index contributed by atoms with van der Waals surface area (Å²) in [5.74, 6) is 0.560. The Bertz CT molecular complexity index is 946. The number of nitrogens with zero attached hydrogens (tertiary/aromatic N) is 1. The zero-order chi connectivity index (χ0) is 20.1. The summed E-state index contributed by atoms with van der Waals surface area (Å²) in [6, 6.07) is 15.2. The number of ether oxygens (including phenoxy) is 1. The molecule has 3 aromatic rings. The molecule has 2 aromatic carbocycles. The Morgan fingerprint density at radius 3 is 2.29 bits per heavy atom. The monoisotopic (exact) mass is 375 g/mol. The Kier molecular flexibility index (Phi) is 5.94. The van der Waals surface area contributed by atoms with Crippen molar-refractivity contribution < 1.29 is 9.53 Å². The maximum atomic E-state index is 12.6. The van der Waals surface area contributed by atoms with Crippen LogP contribution in [-0.4, -0.2) is 17.0 Å². The van der Waals surface area contributed by atoms with Crippen molar-refractivity contribution in [2.45, 2.75) is 33.8 Å². The number of aryl methyl sites for hydroxylation is 2. The number of aromatic nitrogens is 1. The number of nitrogens with one attached hydrogen (secondary N) is 2. The second kappa shape index (κ2) is 8.57. The van der Waals surface area contributed by atoms with Crippen LogP contribution < -0.4 is 15.4 Å². The molecule has 5 nitrogen and oxygen atoms in total. The predicted octanol–water partition coefficient (Wildman–Crippen LogP) is 5.48. The highest BCUT2D eigenvalue weighted by atomic mass is 16.5. The first-order valence-electron chi connectivity index (χ1n) is 9.29. The molecule has 0 radical (unpaired) electrons. The van der Waals surface area contributed by atoms with Gasteiger partial charge in [0.05, 0.1) is 23.6 Å². The average molecular weight is 375 g/mol. The van der Waals surface area contributed by atoms with Gasteiger partial charge in [-0.15, -0.1) is 0 Å². The standard InChI is InChI=1S/C23H25N3O2/c1-15(2)28-21-10-8-19(9-11-21)26-23(27)18-12-20(14-24-13-18)25-22-16(3)6-5-7-17(22)4/h5-15,25H,1-4H3,(H,26,27). The van der Waals surface area contributed by atoms with Crippen LogP contribution in [0.2, 0.25) is 0 Å². The molecule has 0 bridgehead atoms. The molecule has 0 spiro atoms. The summed E-state index contributed by atoms with van der Waals surface area (Å²) in [6.45, 7) is 8.04. The number of hydrogen-bond donors (Lipinski definition) is 2. The number of carbonyl (C=O) groups excluding carboxylic acids is 1. The number of anilines is 3. The first-order valence-corrected chi connectivity index (χ1v) is 9.29. The highest BCUT2D eigenvalue weighted by molar-refractivity contribution is 6.04. The minimum absolute atomic E-state index is 0.110. The zero-order valence-electron chi connectivity index (χ0n) is 16.6. The lowest BCUT2D eigenvalue weighted by Gasteiger charge is -2.13. The van der Waals surface area contributed by atoms with Gasteiger partial charge < -0.3 is 15.4 Å². The Labute approximate surface area is 165 Å². The minimum Gasteiger partial charge on any atom is -0.491 e. The van der Waals surface area contributed by atoms with Crippen molar-refractivity contribution in [1.82, 2.24) is 4.98 Å². The summed E-state index contributed by atoms with van der Waals surface area (Å²) in [4.78, 5) is 16.8. The third-order valence-corrected chi connectivity index (χ3v) is 4.23. The first kappa shape index (κ1) is 19.4. The van der Waals surface area contributed by atoms with Gasteiger partial charge in [0, 0.05) is 17.6 Å². The van der Waals surface area contributed by atoms with E-state index in [9.17, 15) is 4.79 Å². The topological polar surface area (TPSA) is 63.2 Å². The van der Waals surface area contributed by atoms with E-state index in [0.29, 0.717) is 11.3 Å². The molecule has 28 heavy (non-hydrogen) atoms. The molecule has 0 aliphatic carbocycles. The van der Waals surface area contributed by atoms with Gasteiger partial charge >= 0.3 is 0 Å². The number of amides is 1. The molecule has 0 aliphatic heterocycles. The van der Waals surface area contributed by atoms with Crippen LogP contribution in [0.25, 0.3) is 0 Å². The molecular weight excluding hydrogens is 350 g/mol. The molecule has 0 fully saturated rings. The van der Waals surface area contributed by atoms with Crippen LogP contribution in [0.3, 0.4) is 0 Å². The third-order valence-electron chi connectivity index (χ3n) is 4.23. The molecule has 1 amide bonds. The lowest BCUT2D eigenvalue weighted by atomic mass is 10.1. The van der Waals surface area contributed by atoms with Gasteiger partial charge in [0.2, 0.25) is 0 Å². The lowest BCUT2D eigenvalue weighted by molar-refractivity contribution is 0.102. The van der Waals surface area contributed by atoms with E-state index in [1.54, 1.807) is 18.5 Å². The molecule has 3 rings (SSSR count). The van der Waals surface area contributed by atoms with E-state index >= 15 is 0 Å². The average Bonchev–Trinajstić information content (AvgIpc) is 2.66. The van der Waals surface area contributed by atoms with Gasteiger partial charge in [-0.25, -0.2) is 0 Å². The summed E-state index contributed by atoms with van der Waals surface area (Å²) < 4.78 is 5.62. The summed E-state index contributed by atoms with van der Waals surface area (Å²) >= 11 is 0. The molecule has 0 saturated heterocycles. The van der Waals surface area contributed by atoms with Gasteiger partial charge in [-0.2, -0.15) is 0 Å². The normalized spacial score (nSPS) is 10.6. The number of rotatable bonds is 6. The van der Waals surface area contributed by atoms with E-state index in [1.807, 2.05) is 70.2 Å². The van der Waals surface area contributed by atoms with Crippen molar-refractivity contribution in [2.75, 3.05) is 10.6 Å². The van der Waals surface area contributed by atoms with Crippen molar-refractivity contribution in [1.29, 1.82) is 0 Å². The molecule has 0 saturated carbocycles. The molecule has 2 N–H and O–H groups in total. The maximum Gasteiger partial charge on any atom is 0.257 e. The molecule has 5 heteroatoms. The second-order valence-corrected chi connectivity index (χ2v) is 7.00. The number of hydrogen-bond acceptors (Lipinski definition) is 4. The fraction of sp³-hybridized carbons (Fsp3) is 0.217. The maximum absolute atomic E-state index is 12.6. The highest BCUT2D eigenvalue weighted by Gasteiger charge is 2.09. The van der Waals surface area contributed by atoms with E-state index in [1.165, 1.54) is 0 Å². The van der Waals surface area contributed by atoms with Crippen LogP contribution in [0.1, 0.15) is 35.3 Å². The van der Waals surface area contributed by atoms with E-state index in [-0.39, 0.29) is 12.0 Å². The van der Waals surface area contributed by atoms with E-state index in [2.05, 4.69) is 15.6 Å². The van der Waals surface area contributed by atoms with Gasteiger partial charge in [0.15, 0.2) is 0 Å². The Balaban J connectivity index is 1.72. The largest absolute Gasteiger partial charge is 0.491 e. The van der Waals surface area contributed by atoms with Crippen LogP contribution in [0, 0.1) is 13.8 Å². The molecule has 0 unspecified atom stereocenters. The molecule has 144 valence electrons. The Morgan fingerprint density at radius 2 is 1.64 bits per heavy atom. The molecule has 0 atom stereocenters. The van der Waals surface area contributed by atoms with Gasteiger partial charge in [-0.3, -0.25) is 9.78 Å². The van der Waals surface area contributed by atoms with Gasteiger partial charge in [0.1, 0.15) is 5.75 Å². The fourth-order valence-corrected chi connectivity index (χ4v) is 2.88. The second-order valence-electron chi connectivity index (χ2n) is 7.00. The van der Waals surface area contributed by atoms with Gasteiger partial charge in [-0.05, 0) is 69.2 Å². The fourth-order valence-electron chi connectivity index (χ4n) is 2.88. The van der Waals surface area contributed by atoms with Crippen LogP contribution in [0.15, 0.2) is 60.9 Å². The first-order chi connectivity index (χ1) is 13.4. The van der Waals surface area contributed by atoms with Crippen LogP contribution in [-0.2, 0) is 0 Å². The molecule has 1 heterocycles. The van der Waals surface area contributed by atoms with Crippen LogP contribution >= 0.6 is 0 Å². The van der Waals surface area contributed by atoms with Crippen molar-refractivity contribution >= 4 is 23.0 Å². The minimum atomic E-state index is -0.213. The third kappa shape index (κ3) is 4.88. The molecule has 1 aromatic heterocycles. The number of para-hydroxylation sites is 1. The number of pyridine rings is 1.